The van der Waals surface area contributed by atoms with Crippen LogP contribution in [0.25, 0.3) is 10.8 Å². The number of rotatable bonds is 2. The average molecular weight is 260 g/mol. The number of halogens is 1. The third-order valence-electron chi connectivity index (χ3n) is 1.46. The van der Waals surface area contributed by atoms with E-state index in [1.54, 1.807) is 11.3 Å². The van der Waals surface area contributed by atoms with Crippen molar-refractivity contribution in [1.82, 2.24) is 10.1 Å². The molecule has 0 fully saturated rings. The molecule has 0 aromatic carbocycles. The van der Waals surface area contributed by atoms with Crippen LogP contribution in [0, 0.1) is 0 Å². The van der Waals surface area contributed by atoms with Crippen LogP contribution in [0.15, 0.2) is 20.4 Å². The fraction of sp³-hybridized carbons (Fsp3) is 0.143. The first kappa shape index (κ1) is 8.86. The van der Waals surface area contributed by atoms with E-state index in [-0.39, 0.29) is 0 Å². The number of aromatic nitrogens is 2. The summed E-state index contributed by atoms with van der Waals surface area (Å²) in [5.41, 5.74) is 5.36. The van der Waals surface area contributed by atoms with Gasteiger partial charge in [0.25, 0.3) is 5.89 Å². The molecule has 6 heteroatoms. The number of nitrogens with two attached hydrogens (primary N) is 1. The first-order valence-electron chi connectivity index (χ1n) is 3.57. The summed E-state index contributed by atoms with van der Waals surface area (Å²) in [5.74, 6) is 1.04. The average Bonchev–Trinajstić information content (AvgIpc) is 2.71. The van der Waals surface area contributed by atoms with Gasteiger partial charge in [-0.25, -0.2) is 0 Å². The molecule has 0 amide bonds. The topological polar surface area (TPSA) is 64.9 Å². The van der Waals surface area contributed by atoms with Crippen LogP contribution in [0.4, 0.5) is 0 Å². The number of hydrogen-bond donors (Lipinski definition) is 1. The summed E-state index contributed by atoms with van der Waals surface area (Å²) in [7, 11) is 0. The van der Waals surface area contributed by atoms with E-state index in [2.05, 4.69) is 26.1 Å². The van der Waals surface area contributed by atoms with Crippen molar-refractivity contribution in [3.8, 4) is 10.8 Å². The highest BCUT2D eigenvalue weighted by molar-refractivity contribution is 9.10. The quantitative estimate of drug-likeness (QED) is 0.897. The maximum absolute atomic E-state index is 5.36. The summed E-state index contributed by atoms with van der Waals surface area (Å²) in [6, 6.07) is 1.94. The molecule has 0 atom stereocenters. The Balaban J connectivity index is 2.41. The smallest absolute Gasteiger partial charge is 0.269 e. The number of hydrogen-bond acceptors (Lipinski definition) is 5. The van der Waals surface area contributed by atoms with E-state index in [4.69, 9.17) is 10.3 Å². The van der Waals surface area contributed by atoms with Crippen LogP contribution in [0.2, 0.25) is 0 Å². The van der Waals surface area contributed by atoms with Crippen molar-refractivity contribution in [2.45, 2.75) is 6.54 Å². The SMILES string of the molecule is NCc1noc(-c2sccc2Br)n1. The Morgan fingerprint density at radius 3 is 3.00 bits per heavy atom. The van der Waals surface area contributed by atoms with Gasteiger partial charge in [0.15, 0.2) is 5.82 Å². The number of thiophene rings is 1. The predicted molar refractivity (Wildman–Crippen MR) is 53.2 cm³/mol. The van der Waals surface area contributed by atoms with Crippen molar-refractivity contribution in [3.63, 3.8) is 0 Å². The van der Waals surface area contributed by atoms with Crippen LogP contribution in [0.3, 0.4) is 0 Å². The first-order valence-corrected chi connectivity index (χ1v) is 5.24. The molecule has 0 spiro atoms. The van der Waals surface area contributed by atoms with Gasteiger partial charge in [0.2, 0.25) is 0 Å². The van der Waals surface area contributed by atoms with E-state index in [1.807, 2.05) is 11.4 Å². The standard InChI is InChI=1S/C7H6BrN3OS/c8-4-1-2-13-6(4)7-10-5(3-9)11-12-7/h1-2H,3,9H2. The second kappa shape index (κ2) is 3.57. The second-order valence-electron chi connectivity index (χ2n) is 2.32. The van der Waals surface area contributed by atoms with Gasteiger partial charge in [0, 0.05) is 4.47 Å². The molecule has 0 radical (unpaired) electrons. The zero-order valence-electron chi connectivity index (χ0n) is 6.53. The predicted octanol–water partition coefficient (Wildman–Crippen LogP) is 2.02. The molecule has 2 aromatic heterocycles. The van der Waals surface area contributed by atoms with Crippen LogP contribution in [0.1, 0.15) is 5.82 Å². The molecule has 0 saturated heterocycles. The zero-order chi connectivity index (χ0) is 9.26. The minimum Gasteiger partial charge on any atom is -0.333 e. The Hall–Kier alpha value is -0.720. The van der Waals surface area contributed by atoms with Gasteiger partial charge in [0.1, 0.15) is 4.88 Å². The monoisotopic (exact) mass is 259 g/mol. The lowest BCUT2D eigenvalue weighted by molar-refractivity contribution is 0.423. The summed E-state index contributed by atoms with van der Waals surface area (Å²) in [6.45, 7) is 0.298. The van der Waals surface area contributed by atoms with Crippen molar-refractivity contribution < 1.29 is 4.52 Å². The third-order valence-corrected chi connectivity index (χ3v) is 3.29. The van der Waals surface area contributed by atoms with Gasteiger partial charge < -0.3 is 10.3 Å². The van der Waals surface area contributed by atoms with E-state index in [0.29, 0.717) is 18.3 Å². The Morgan fingerprint density at radius 1 is 1.62 bits per heavy atom. The lowest BCUT2D eigenvalue weighted by atomic mass is 10.5. The Morgan fingerprint density at radius 2 is 2.46 bits per heavy atom. The summed E-state index contributed by atoms with van der Waals surface area (Å²) in [6.07, 6.45) is 0. The minimum atomic E-state index is 0.298. The summed E-state index contributed by atoms with van der Waals surface area (Å²) in [4.78, 5) is 5.05. The maximum atomic E-state index is 5.36. The van der Waals surface area contributed by atoms with Gasteiger partial charge >= 0.3 is 0 Å². The Bertz CT molecular complexity index is 411. The summed E-state index contributed by atoms with van der Waals surface area (Å²) >= 11 is 4.93. The molecular weight excluding hydrogens is 254 g/mol. The molecule has 2 heterocycles. The molecule has 0 unspecified atom stereocenters. The molecule has 0 bridgehead atoms. The molecule has 0 saturated carbocycles. The molecule has 0 aliphatic carbocycles. The maximum Gasteiger partial charge on any atom is 0.269 e. The van der Waals surface area contributed by atoms with Gasteiger partial charge in [0.05, 0.1) is 6.54 Å². The normalized spacial score (nSPS) is 10.6. The highest BCUT2D eigenvalue weighted by Crippen LogP contribution is 2.31. The van der Waals surface area contributed by atoms with Crippen LogP contribution in [-0.2, 0) is 6.54 Å². The molecule has 2 aromatic rings. The first-order chi connectivity index (χ1) is 6.31. The van der Waals surface area contributed by atoms with Gasteiger partial charge in [-0.05, 0) is 27.4 Å². The van der Waals surface area contributed by atoms with Gasteiger partial charge in [-0.1, -0.05) is 5.16 Å². The fourth-order valence-corrected chi connectivity index (χ4v) is 2.34. The summed E-state index contributed by atoms with van der Waals surface area (Å²) in [5, 5.41) is 5.66. The number of nitrogens with zero attached hydrogens (tertiary/aromatic N) is 2. The molecule has 0 aliphatic heterocycles. The van der Waals surface area contributed by atoms with Gasteiger partial charge in [-0.15, -0.1) is 11.3 Å². The van der Waals surface area contributed by atoms with Crippen molar-refractivity contribution in [3.05, 3.63) is 21.7 Å². The van der Waals surface area contributed by atoms with E-state index in [0.717, 1.165) is 9.35 Å². The van der Waals surface area contributed by atoms with E-state index in [9.17, 15) is 0 Å². The van der Waals surface area contributed by atoms with Crippen molar-refractivity contribution in [2.24, 2.45) is 5.73 Å². The van der Waals surface area contributed by atoms with Crippen molar-refractivity contribution >= 4 is 27.3 Å². The Kier molecular flexibility index (Phi) is 2.43. The molecule has 13 heavy (non-hydrogen) atoms. The second-order valence-corrected chi connectivity index (χ2v) is 4.09. The molecule has 0 aliphatic rings. The van der Waals surface area contributed by atoms with Gasteiger partial charge in [-0.3, -0.25) is 0 Å². The highest BCUT2D eigenvalue weighted by Gasteiger charge is 2.11. The fourth-order valence-electron chi connectivity index (χ4n) is 0.875. The van der Waals surface area contributed by atoms with Crippen LogP contribution < -0.4 is 5.73 Å². The van der Waals surface area contributed by atoms with Crippen LogP contribution >= 0.6 is 27.3 Å². The van der Waals surface area contributed by atoms with E-state index < -0.39 is 0 Å². The zero-order valence-corrected chi connectivity index (χ0v) is 8.93. The van der Waals surface area contributed by atoms with Crippen LogP contribution in [0.5, 0.6) is 0 Å². The largest absolute Gasteiger partial charge is 0.333 e. The summed E-state index contributed by atoms with van der Waals surface area (Å²) < 4.78 is 5.98. The molecule has 2 N–H and O–H groups in total. The lowest BCUT2D eigenvalue weighted by Gasteiger charge is -1.86. The third kappa shape index (κ3) is 1.65. The van der Waals surface area contributed by atoms with E-state index in [1.165, 1.54) is 0 Å². The highest BCUT2D eigenvalue weighted by atomic mass is 79.9. The Labute approximate surface area is 86.9 Å². The molecule has 2 rings (SSSR count). The van der Waals surface area contributed by atoms with Crippen LogP contribution in [-0.4, -0.2) is 10.1 Å². The van der Waals surface area contributed by atoms with Crippen molar-refractivity contribution in [1.29, 1.82) is 0 Å². The molecule has 4 nitrogen and oxygen atoms in total. The molecular formula is C7H6BrN3OS. The van der Waals surface area contributed by atoms with Crippen molar-refractivity contribution in [2.75, 3.05) is 0 Å². The lowest BCUT2D eigenvalue weighted by Crippen LogP contribution is -1.97. The van der Waals surface area contributed by atoms with E-state index >= 15 is 0 Å². The molecule has 68 valence electrons. The minimum absolute atomic E-state index is 0.298. The van der Waals surface area contributed by atoms with Gasteiger partial charge in [-0.2, -0.15) is 4.98 Å².